The zero-order valence-electron chi connectivity index (χ0n) is 22.8. The van der Waals surface area contributed by atoms with Crippen LogP contribution in [0.3, 0.4) is 0 Å². The van der Waals surface area contributed by atoms with E-state index in [1.54, 1.807) is 86.9 Å². The number of rotatable bonds is 8. The summed E-state index contributed by atoms with van der Waals surface area (Å²) in [6.07, 6.45) is 0. The minimum atomic E-state index is -0.393. The van der Waals surface area contributed by atoms with E-state index in [9.17, 15) is 19.2 Å². The number of benzene rings is 3. The maximum absolute atomic E-state index is 12.9. The second-order valence-electron chi connectivity index (χ2n) is 9.56. The van der Waals surface area contributed by atoms with Crippen molar-refractivity contribution in [1.82, 2.24) is 19.1 Å². The van der Waals surface area contributed by atoms with Crippen LogP contribution in [0.25, 0.3) is 21.8 Å². The molecule has 12 heteroatoms. The fourth-order valence-corrected chi connectivity index (χ4v) is 4.99. The fraction of sp³-hybridized carbons (Fsp3) is 0.200. The van der Waals surface area contributed by atoms with Crippen LogP contribution in [0.5, 0.6) is 0 Å². The van der Waals surface area contributed by atoms with Crippen LogP contribution in [0.2, 0.25) is 0 Å². The maximum Gasteiger partial charge on any atom is 0.261 e. The summed E-state index contributed by atoms with van der Waals surface area (Å²) in [5, 5.41) is 0.955. The van der Waals surface area contributed by atoms with Crippen molar-refractivity contribution in [2.75, 3.05) is 21.6 Å². The number of carbonyl (C=O) groups excluding carboxylic acids is 2. The smallest absolute Gasteiger partial charge is 0.261 e. The van der Waals surface area contributed by atoms with Gasteiger partial charge in [-0.05, 0) is 48.5 Å². The van der Waals surface area contributed by atoms with Crippen molar-refractivity contribution in [3.63, 3.8) is 0 Å². The molecule has 214 valence electrons. The van der Waals surface area contributed by atoms with E-state index in [0.29, 0.717) is 44.8 Å². The molecule has 0 spiro atoms. The topological polar surface area (TPSA) is 110 Å². The van der Waals surface area contributed by atoms with Gasteiger partial charge in [-0.2, -0.15) is 0 Å². The summed E-state index contributed by atoms with van der Waals surface area (Å²) >= 11 is 11.9. The Labute approximate surface area is 250 Å². The average molecular weight is 605 g/mol. The monoisotopic (exact) mass is 604 g/mol. The Morgan fingerprint density at radius 2 is 1.00 bits per heavy atom. The predicted molar refractivity (Wildman–Crippen MR) is 164 cm³/mol. The lowest BCUT2D eigenvalue weighted by molar-refractivity contribution is -0.117. The fourth-order valence-electron chi connectivity index (χ4n) is 4.70. The first-order valence-electron chi connectivity index (χ1n) is 13.0. The van der Waals surface area contributed by atoms with Gasteiger partial charge in [0.25, 0.3) is 11.1 Å². The quantitative estimate of drug-likeness (QED) is 0.250. The summed E-state index contributed by atoms with van der Waals surface area (Å²) in [7, 11) is 3.21. The Bertz CT molecular complexity index is 1800. The van der Waals surface area contributed by atoms with Crippen molar-refractivity contribution >= 4 is 68.2 Å². The van der Waals surface area contributed by atoms with Crippen LogP contribution in [-0.2, 0) is 36.8 Å². The van der Waals surface area contributed by atoms with E-state index >= 15 is 0 Å². The molecule has 2 heterocycles. The first kappa shape index (κ1) is 29.0. The van der Waals surface area contributed by atoms with Crippen LogP contribution in [0.4, 0.5) is 11.4 Å². The molecule has 0 saturated heterocycles. The number of alkyl halides is 2. The third kappa shape index (κ3) is 5.50. The molecule has 0 aliphatic rings. The van der Waals surface area contributed by atoms with E-state index in [1.807, 2.05) is 0 Å². The SMILES string of the molecule is Cn1c(CN(C(=O)CCl)c2ccc(N(Cc3nc4ccccc4c(=O)n3C)C(=O)CCl)cc2)nc2ccccc2c1=O. The third-order valence-electron chi connectivity index (χ3n) is 7.05. The summed E-state index contributed by atoms with van der Waals surface area (Å²) in [5.74, 6) is -0.609. The molecule has 0 atom stereocenters. The minimum absolute atomic E-state index is 0.00504. The second-order valence-corrected chi connectivity index (χ2v) is 10.1. The van der Waals surface area contributed by atoms with E-state index in [0.717, 1.165) is 0 Å². The summed E-state index contributed by atoms with van der Waals surface area (Å²) in [6, 6.07) is 20.7. The molecular weight excluding hydrogens is 579 g/mol. The first-order chi connectivity index (χ1) is 20.2. The summed E-state index contributed by atoms with van der Waals surface area (Å²) in [6.45, 7) is -0.0101. The summed E-state index contributed by atoms with van der Waals surface area (Å²) in [4.78, 5) is 63.7. The van der Waals surface area contributed by atoms with Crippen molar-refractivity contribution in [3.8, 4) is 0 Å². The summed E-state index contributed by atoms with van der Waals surface area (Å²) < 4.78 is 2.82. The normalized spacial score (nSPS) is 11.1. The Morgan fingerprint density at radius 3 is 1.36 bits per heavy atom. The highest BCUT2D eigenvalue weighted by Gasteiger charge is 2.22. The van der Waals surface area contributed by atoms with E-state index in [4.69, 9.17) is 23.2 Å². The van der Waals surface area contributed by atoms with Gasteiger partial charge in [0, 0.05) is 25.5 Å². The Kier molecular flexibility index (Phi) is 8.37. The van der Waals surface area contributed by atoms with Crippen LogP contribution in [0, 0.1) is 0 Å². The molecule has 0 bridgehead atoms. The van der Waals surface area contributed by atoms with E-state index in [1.165, 1.54) is 18.9 Å². The molecule has 0 aliphatic heterocycles. The highest BCUT2D eigenvalue weighted by molar-refractivity contribution is 6.29. The summed E-state index contributed by atoms with van der Waals surface area (Å²) in [5.41, 5.74) is 1.57. The van der Waals surface area contributed by atoms with Crippen LogP contribution < -0.4 is 20.9 Å². The maximum atomic E-state index is 12.9. The van der Waals surface area contributed by atoms with E-state index in [2.05, 4.69) is 9.97 Å². The predicted octanol–water partition coefficient (Wildman–Crippen LogP) is 3.72. The van der Waals surface area contributed by atoms with Crippen molar-refractivity contribution in [3.05, 3.63) is 105 Å². The molecule has 2 amide bonds. The minimum Gasteiger partial charge on any atom is -0.304 e. The molecule has 5 rings (SSSR count). The number of amides is 2. The molecule has 42 heavy (non-hydrogen) atoms. The Morgan fingerprint density at radius 1 is 0.643 bits per heavy atom. The highest BCUT2D eigenvalue weighted by atomic mass is 35.5. The zero-order valence-corrected chi connectivity index (χ0v) is 24.3. The van der Waals surface area contributed by atoms with Crippen molar-refractivity contribution in [2.24, 2.45) is 14.1 Å². The van der Waals surface area contributed by atoms with Gasteiger partial charge in [-0.25, -0.2) is 9.97 Å². The number of hydrogen-bond acceptors (Lipinski definition) is 6. The van der Waals surface area contributed by atoms with Gasteiger partial charge < -0.3 is 9.80 Å². The molecule has 2 aromatic heterocycles. The van der Waals surface area contributed by atoms with Gasteiger partial charge in [0.05, 0.1) is 34.9 Å². The molecule has 0 unspecified atom stereocenters. The van der Waals surface area contributed by atoms with Gasteiger partial charge >= 0.3 is 0 Å². The third-order valence-corrected chi connectivity index (χ3v) is 7.51. The van der Waals surface area contributed by atoms with Gasteiger partial charge in [0.2, 0.25) is 11.8 Å². The van der Waals surface area contributed by atoms with Crippen molar-refractivity contribution < 1.29 is 9.59 Å². The Hall–Kier alpha value is -4.54. The molecule has 5 aromatic rings. The number of nitrogens with zero attached hydrogens (tertiary/aromatic N) is 6. The lowest BCUT2D eigenvalue weighted by atomic mass is 10.2. The highest BCUT2D eigenvalue weighted by Crippen LogP contribution is 2.25. The number of halogens is 2. The molecule has 0 saturated carbocycles. The van der Waals surface area contributed by atoms with E-state index < -0.39 is 11.8 Å². The lowest BCUT2D eigenvalue weighted by Gasteiger charge is -2.25. The van der Waals surface area contributed by atoms with Crippen LogP contribution in [0.1, 0.15) is 11.6 Å². The van der Waals surface area contributed by atoms with Gasteiger partial charge in [0.15, 0.2) is 0 Å². The van der Waals surface area contributed by atoms with Gasteiger partial charge in [-0.15, -0.1) is 23.2 Å². The molecule has 0 aliphatic carbocycles. The number of para-hydroxylation sites is 2. The molecule has 0 N–H and O–H groups in total. The van der Waals surface area contributed by atoms with E-state index in [-0.39, 0.29) is 36.0 Å². The molecular formula is C30H26Cl2N6O4. The zero-order chi connectivity index (χ0) is 30.0. The van der Waals surface area contributed by atoms with Gasteiger partial charge in [-0.1, -0.05) is 24.3 Å². The first-order valence-corrected chi connectivity index (χ1v) is 14.0. The second kappa shape index (κ2) is 12.1. The molecule has 0 radical (unpaired) electrons. The van der Waals surface area contributed by atoms with Crippen molar-refractivity contribution in [1.29, 1.82) is 0 Å². The molecule has 3 aromatic carbocycles. The number of fused-ring (bicyclic) bond motifs is 2. The number of hydrogen-bond donors (Lipinski definition) is 0. The largest absolute Gasteiger partial charge is 0.304 e. The van der Waals surface area contributed by atoms with Crippen LogP contribution in [-0.4, -0.2) is 42.7 Å². The Balaban J connectivity index is 1.48. The van der Waals surface area contributed by atoms with Crippen LogP contribution in [0.15, 0.2) is 82.4 Å². The average Bonchev–Trinajstić information content (AvgIpc) is 3.02. The van der Waals surface area contributed by atoms with Gasteiger partial charge in [-0.3, -0.25) is 28.3 Å². The van der Waals surface area contributed by atoms with Crippen LogP contribution >= 0.6 is 23.2 Å². The number of anilines is 2. The van der Waals surface area contributed by atoms with Crippen molar-refractivity contribution in [2.45, 2.75) is 13.1 Å². The standard InChI is InChI=1S/C30H26Cl2N6O4/c1-35-25(33-23-9-5-3-7-21(23)29(35)41)17-37(27(39)15-31)19-11-13-20(14-12-19)38(28(40)16-32)18-26-34-24-10-6-4-8-22(24)30(42)36(26)2/h3-14H,15-18H2,1-2H3. The number of aromatic nitrogens is 4. The lowest BCUT2D eigenvalue weighted by Crippen LogP contribution is -2.36. The molecule has 0 fully saturated rings. The van der Waals surface area contributed by atoms with Gasteiger partial charge in [0.1, 0.15) is 23.4 Å². The molecule has 10 nitrogen and oxygen atoms in total. The number of carbonyl (C=O) groups is 2.